The molecule has 3 amide bonds. The summed E-state index contributed by atoms with van der Waals surface area (Å²) >= 11 is 0. The van der Waals surface area contributed by atoms with Gasteiger partial charge in [-0.1, -0.05) is 52.0 Å². The van der Waals surface area contributed by atoms with Crippen LogP contribution in [-0.2, 0) is 14.3 Å². The predicted molar refractivity (Wildman–Crippen MR) is 184 cm³/mol. The molecule has 1 aromatic carbocycles. The van der Waals surface area contributed by atoms with Gasteiger partial charge in [-0.25, -0.2) is 24.7 Å². The third kappa shape index (κ3) is 7.35. The summed E-state index contributed by atoms with van der Waals surface area (Å²) in [4.78, 5) is 67.3. The minimum Gasteiger partial charge on any atom is -0.453 e. The van der Waals surface area contributed by atoms with Crippen molar-refractivity contribution in [1.29, 1.82) is 0 Å². The molecule has 2 aliphatic heterocycles. The second-order valence-corrected chi connectivity index (χ2v) is 13.6. The number of benzene rings is 1. The van der Waals surface area contributed by atoms with Gasteiger partial charge >= 0.3 is 6.09 Å². The van der Waals surface area contributed by atoms with Gasteiger partial charge in [-0.15, -0.1) is 0 Å². The Morgan fingerprint density at radius 3 is 1.92 bits per heavy atom. The normalized spacial score (nSPS) is 18.3. The molecule has 49 heavy (non-hydrogen) atoms. The van der Waals surface area contributed by atoms with Gasteiger partial charge in [0.05, 0.1) is 43.0 Å². The van der Waals surface area contributed by atoms with E-state index in [9.17, 15) is 14.4 Å². The summed E-state index contributed by atoms with van der Waals surface area (Å²) < 4.78 is 4.74. The highest BCUT2D eigenvalue weighted by molar-refractivity contribution is 5.86. The third-order valence-corrected chi connectivity index (χ3v) is 9.32. The van der Waals surface area contributed by atoms with Crippen LogP contribution >= 0.6 is 0 Å². The average molecular weight is 668 g/mol. The Hall–Kier alpha value is -5.07. The maximum absolute atomic E-state index is 13.5. The molecular formula is C36H45N9O4. The monoisotopic (exact) mass is 667 g/mol. The quantitative estimate of drug-likeness (QED) is 0.195. The van der Waals surface area contributed by atoms with E-state index in [-0.39, 0.29) is 29.8 Å². The van der Waals surface area contributed by atoms with Gasteiger partial charge < -0.3 is 29.8 Å². The van der Waals surface area contributed by atoms with Crippen molar-refractivity contribution >= 4 is 17.9 Å². The minimum atomic E-state index is -0.683. The fourth-order valence-corrected chi connectivity index (χ4v) is 6.73. The van der Waals surface area contributed by atoms with E-state index in [4.69, 9.17) is 4.74 Å². The second-order valence-electron chi connectivity index (χ2n) is 13.6. The first kappa shape index (κ1) is 33.8. The second kappa shape index (κ2) is 14.6. The summed E-state index contributed by atoms with van der Waals surface area (Å²) in [6.45, 7) is 9.29. The van der Waals surface area contributed by atoms with Crippen molar-refractivity contribution in [2.45, 2.75) is 77.9 Å². The van der Waals surface area contributed by atoms with Crippen LogP contribution in [0.5, 0.6) is 0 Å². The number of aromatic nitrogens is 6. The molecule has 2 saturated heterocycles. The molecule has 0 spiro atoms. The number of nitrogens with zero attached hydrogens (tertiary/aromatic N) is 6. The highest BCUT2D eigenvalue weighted by atomic mass is 16.5. The molecule has 5 heterocycles. The van der Waals surface area contributed by atoms with Crippen LogP contribution in [0.15, 0.2) is 49.1 Å². The van der Waals surface area contributed by atoms with Crippen molar-refractivity contribution < 1.29 is 19.1 Å². The minimum absolute atomic E-state index is 0.0307. The van der Waals surface area contributed by atoms with E-state index in [1.165, 1.54) is 7.11 Å². The first-order chi connectivity index (χ1) is 23.6. The number of amides is 3. The largest absolute Gasteiger partial charge is 0.453 e. The van der Waals surface area contributed by atoms with E-state index in [0.717, 1.165) is 66.1 Å². The van der Waals surface area contributed by atoms with Crippen LogP contribution in [0.4, 0.5) is 4.79 Å². The number of carbonyl (C=O) groups is 3. The molecule has 13 heteroatoms. The van der Waals surface area contributed by atoms with E-state index < -0.39 is 12.1 Å². The van der Waals surface area contributed by atoms with E-state index in [0.29, 0.717) is 30.5 Å². The van der Waals surface area contributed by atoms with Crippen LogP contribution in [0, 0.1) is 11.8 Å². The summed E-state index contributed by atoms with van der Waals surface area (Å²) in [7, 11) is 1.29. The highest BCUT2D eigenvalue weighted by Crippen LogP contribution is 2.34. The van der Waals surface area contributed by atoms with Crippen LogP contribution in [-0.4, -0.2) is 83.9 Å². The zero-order valence-corrected chi connectivity index (χ0v) is 28.8. The molecule has 258 valence electrons. The molecule has 4 aromatic rings. The molecule has 2 fully saturated rings. The average Bonchev–Trinajstić information content (AvgIpc) is 3.93. The van der Waals surface area contributed by atoms with Crippen LogP contribution in [0.3, 0.4) is 0 Å². The van der Waals surface area contributed by atoms with Gasteiger partial charge in [0.1, 0.15) is 17.7 Å². The molecule has 2 aliphatic rings. The maximum Gasteiger partial charge on any atom is 0.407 e. The summed E-state index contributed by atoms with van der Waals surface area (Å²) in [6, 6.07) is 7.01. The van der Waals surface area contributed by atoms with Crippen molar-refractivity contribution in [2.24, 2.45) is 11.8 Å². The topological polar surface area (TPSA) is 162 Å². The lowest BCUT2D eigenvalue weighted by atomic mass is 10.0. The number of hydrogen-bond acceptors (Lipinski definition) is 8. The number of rotatable bonds is 10. The smallest absolute Gasteiger partial charge is 0.407 e. The molecule has 3 aromatic heterocycles. The number of alkyl carbamates (subject to hydrolysis) is 1. The number of imidazole rings is 2. The molecule has 0 bridgehead atoms. The summed E-state index contributed by atoms with van der Waals surface area (Å²) in [5.74, 6) is 2.38. The first-order valence-corrected chi connectivity index (χ1v) is 17.1. The fourth-order valence-electron chi connectivity index (χ4n) is 6.73. The lowest BCUT2D eigenvalue weighted by Crippen LogP contribution is -2.51. The first-order valence-electron chi connectivity index (χ1n) is 17.1. The number of methoxy groups -OCH3 is 1. The molecule has 6 rings (SSSR count). The SMILES string of the molecule is COC(=O)N[C@H](C(=O)N1CCC[C@H]1c1ncc(-c2ccc(-c3ncc(-c4cnc([C@@H]5CCCN5C(=O)CC(C)C)[nH]4)cn3)cc2)[nH]1)C(C)C. The molecule has 0 saturated carbocycles. The Morgan fingerprint density at radius 1 is 0.796 bits per heavy atom. The van der Waals surface area contributed by atoms with Gasteiger partial charge in [-0.05, 0) is 43.1 Å². The van der Waals surface area contributed by atoms with Gasteiger partial charge in [-0.3, -0.25) is 9.59 Å². The van der Waals surface area contributed by atoms with Crippen LogP contribution in [0.25, 0.3) is 33.9 Å². The highest BCUT2D eigenvalue weighted by Gasteiger charge is 2.37. The van der Waals surface area contributed by atoms with Gasteiger partial charge in [0.25, 0.3) is 0 Å². The van der Waals surface area contributed by atoms with E-state index in [2.05, 4.69) is 49.1 Å². The van der Waals surface area contributed by atoms with Crippen LogP contribution in [0.2, 0.25) is 0 Å². The number of nitrogens with one attached hydrogen (secondary N) is 3. The Kier molecular flexibility index (Phi) is 10.1. The van der Waals surface area contributed by atoms with Crippen molar-refractivity contribution in [3.63, 3.8) is 0 Å². The van der Waals surface area contributed by atoms with E-state index in [1.54, 1.807) is 29.7 Å². The Balaban J connectivity index is 1.11. The van der Waals surface area contributed by atoms with Crippen LogP contribution < -0.4 is 5.32 Å². The van der Waals surface area contributed by atoms with Gasteiger partial charge in [0.15, 0.2) is 5.82 Å². The van der Waals surface area contributed by atoms with Crippen molar-refractivity contribution in [3.05, 3.63) is 60.7 Å². The van der Waals surface area contributed by atoms with Crippen molar-refractivity contribution in [3.8, 4) is 33.9 Å². The van der Waals surface area contributed by atoms with E-state index >= 15 is 0 Å². The molecule has 3 atom stereocenters. The van der Waals surface area contributed by atoms with Gasteiger partial charge in [0, 0.05) is 43.0 Å². The number of aromatic amines is 2. The molecule has 3 N–H and O–H groups in total. The van der Waals surface area contributed by atoms with Gasteiger partial charge in [0.2, 0.25) is 11.8 Å². The zero-order valence-electron chi connectivity index (χ0n) is 28.8. The Labute approximate surface area is 286 Å². The standard InChI is InChI=1S/C36H45N9O4/c1-21(2)16-30(46)44-14-6-8-28(44)33-40-20-27(42-33)25-17-37-32(38-18-25)24-12-10-23(11-13-24)26-19-39-34(41-26)29-9-7-15-45(29)35(47)31(22(3)4)43-36(48)49-5/h10-13,17-22,28-29,31H,6-9,14-16H2,1-5H3,(H,39,41)(H,40,42)(H,43,48)/t28-,29-,31-/m0/s1. The Morgan fingerprint density at radius 2 is 1.35 bits per heavy atom. The molecule has 0 unspecified atom stereocenters. The molecule has 13 nitrogen and oxygen atoms in total. The summed E-state index contributed by atoms with van der Waals surface area (Å²) in [5.41, 5.74) is 4.29. The van der Waals surface area contributed by atoms with Crippen LogP contribution in [0.1, 0.15) is 83.5 Å². The summed E-state index contributed by atoms with van der Waals surface area (Å²) in [6.07, 6.45) is 10.6. The lowest BCUT2D eigenvalue weighted by Gasteiger charge is -2.30. The lowest BCUT2D eigenvalue weighted by molar-refractivity contribution is -0.135. The maximum atomic E-state index is 13.5. The predicted octanol–water partition coefficient (Wildman–Crippen LogP) is 5.68. The molecular weight excluding hydrogens is 622 g/mol. The summed E-state index contributed by atoms with van der Waals surface area (Å²) in [5, 5.41) is 2.69. The van der Waals surface area contributed by atoms with Crippen molar-refractivity contribution in [1.82, 2.24) is 45.0 Å². The number of H-pyrrole nitrogens is 2. The van der Waals surface area contributed by atoms with Crippen molar-refractivity contribution in [2.75, 3.05) is 20.2 Å². The van der Waals surface area contributed by atoms with Gasteiger partial charge in [-0.2, -0.15) is 0 Å². The zero-order chi connectivity index (χ0) is 34.7. The number of carbonyl (C=O) groups excluding carboxylic acids is 3. The number of ether oxygens (including phenoxy) is 1. The third-order valence-electron chi connectivity index (χ3n) is 9.32. The molecule has 0 radical (unpaired) electrons. The molecule has 0 aliphatic carbocycles. The van der Waals surface area contributed by atoms with E-state index in [1.807, 2.05) is 43.0 Å². The number of likely N-dealkylation sites (tertiary alicyclic amines) is 2. The number of hydrogen-bond donors (Lipinski definition) is 3. The Bertz CT molecular complexity index is 1760. The fraction of sp³-hybridized carbons (Fsp3) is 0.472.